The highest BCUT2D eigenvalue weighted by molar-refractivity contribution is 6.30. The molecule has 64 valence electrons. The van der Waals surface area contributed by atoms with Gasteiger partial charge in [0.25, 0.3) is 11.5 Å². The van der Waals surface area contributed by atoms with Gasteiger partial charge in [-0.2, -0.15) is 0 Å². The summed E-state index contributed by atoms with van der Waals surface area (Å²) < 4.78 is 0. The molecule has 0 spiro atoms. The number of hydrogen-bond donors (Lipinski definition) is 3. The van der Waals surface area contributed by atoms with Crippen molar-refractivity contribution >= 4 is 17.5 Å². The number of carbonyl (C=O) groups is 1. The molecule has 12 heavy (non-hydrogen) atoms. The van der Waals surface area contributed by atoms with E-state index in [4.69, 9.17) is 17.4 Å². The smallest absolute Gasteiger partial charge is 0.266 e. The fourth-order valence-corrected chi connectivity index (χ4v) is 0.843. The number of nitrogens with one attached hydrogen (secondary N) is 2. The maximum absolute atomic E-state index is 10.9. The van der Waals surface area contributed by atoms with Crippen LogP contribution >= 0.6 is 11.6 Å². The number of rotatable bonds is 1. The minimum Gasteiger partial charge on any atom is -0.327 e. The molecule has 0 fully saturated rings. The molecule has 0 unspecified atom stereocenters. The van der Waals surface area contributed by atoms with Crippen LogP contribution in [0.5, 0.6) is 0 Å². The maximum Gasteiger partial charge on any atom is 0.266 e. The standard InChI is InChI=1S/C6H6ClN3O2/c7-4-1-3(5(11)10-8)2-9-6(4)12/h1-2H,8H2,(H,9,12)(H,10,11). The lowest BCUT2D eigenvalue weighted by Crippen LogP contribution is -2.30. The van der Waals surface area contributed by atoms with E-state index in [-0.39, 0.29) is 10.6 Å². The van der Waals surface area contributed by atoms with Crippen molar-refractivity contribution in [2.75, 3.05) is 0 Å². The van der Waals surface area contributed by atoms with Gasteiger partial charge in [-0.3, -0.25) is 15.0 Å². The van der Waals surface area contributed by atoms with Gasteiger partial charge >= 0.3 is 0 Å². The van der Waals surface area contributed by atoms with Gasteiger partial charge < -0.3 is 4.98 Å². The largest absolute Gasteiger partial charge is 0.327 e. The second-order valence-corrected chi connectivity index (χ2v) is 2.45. The van der Waals surface area contributed by atoms with Crippen LogP contribution in [-0.4, -0.2) is 10.9 Å². The van der Waals surface area contributed by atoms with Crippen molar-refractivity contribution in [3.05, 3.63) is 33.2 Å². The van der Waals surface area contributed by atoms with Crippen molar-refractivity contribution in [3.8, 4) is 0 Å². The third kappa shape index (κ3) is 1.63. The van der Waals surface area contributed by atoms with Gasteiger partial charge in [-0.15, -0.1) is 0 Å². The van der Waals surface area contributed by atoms with Gasteiger partial charge in [0.15, 0.2) is 0 Å². The molecule has 0 radical (unpaired) electrons. The van der Waals surface area contributed by atoms with Gasteiger partial charge in [0.05, 0.1) is 5.56 Å². The van der Waals surface area contributed by atoms with E-state index in [1.807, 2.05) is 5.43 Å². The van der Waals surface area contributed by atoms with E-state index in [9.17, 15) is 9.59 Å². The molecule has 5 nitrogen and oxygen atoms in total. The van der Waals surface area contributed by atoms with Crippen molar-refractivity contribution in [1.82, 2.24) is 10.4 Å². The highest BCUT2D eigenvalue weighted by Gasteiger charge is 2.04. The van der Waals surface area contributed by atoms with E-state index in [2.05, 4.69) is 4.98 Å². The molecular formula is C6H6ClN3O2. The van der Waals surface area contributed by atoms with E-state index in [0.29, 0.717) is 0 Å². The molecule has 0 saturated carbocycles. The van der Waals surface area contributed by atoms with Gasteiger partial charge in [0, 0.05) is 6.20 Å². The first-order chi connectivity index (χ1) is 5.65. The Bertz CT molecular complexity index is 360. The van der Waals surface area contributed by atoms with Crippen LogP contribution in [0.1, 0.15) is 10.4 Å². The fourth-order valence-electron chi connectivity index (χ4n) is 0.670. The van der Waals surface area contributed by atoms with Crippen molar-refractivity contribution in [3.63, 3.8) is 0 Å². The van der Waals surface area contributed by atoms with Gasteiger partial charge in [0.2, 0.25) is 0 Å². The van der Waals surface area contributed by atoms with E-state index < -0.39 is 11.5 Å². The van der Waals surface area contributed by atoms with Crippen LogP contribution < -0.4 is 16.8 Å². The minimum absolute atomic E-state index is 0.0453. The second kappa shape index (κ2) is 3.38. The summed E-state index contributed by atoms with van der Waals surface area (Å²) >= 11 is 5.45. The first kappa shape index (κ1) is 8.76. The molecule has 1 rings (SSSR count). The molecule has 6 heteroatoms. The van der Waals surface area contributed by atoms with Crippen molar-refractivity contribution < 1.29 is 4.79 Å². The molecule has 1 aromatic heterocycles. The molecule has 0 saturated heterocycles. The predicted molar refractivity (Wildman–Crippen MR) is 43.7 cm³/mol. The lowest BCUT2D eigenvalue weighted by molar-refractivity contribution is 0.0953. The minimum atomic E-state index is -0.506. The molecule has 1 amide bonds. The summed E-state index contributed by atoms with van der Waals surface area (Å²) in [6.45, 7) is 0. The SMILES string of the molecule is NNC(=O)c1c[nH]c(=O)c(Cl)c1. The normalized spacial score (nSPS) is 9.50. The summed E-state index contributed by atoms with van der Waals surface area (Å²) in [6, 6.07) is 1.24. The second-order valence-electron chi connectivity index (χ2n) is 2.04. The zero-order valence-corrected chi connectivity index (χ0v) is 6.68. The number of amides is 1. The van der Waals surface area contributed by atoms with E-state index in [1.54, 1.807) is 0 Å². The number of nitrogen functional groups attached to an aromatic ring is 1. The number of carbonyl (C=O) groups excluding carboxylic acids is 1. The first-order valence-corrected chi connectivity index (χ1v) is 3.42. The Morgan fingerprint density at radius 1 is 1.67 bits per heavy atom. The highest BCUT2D eigenvalue weighted by atomic mass is 35.5. The maximum atomic E-state index is 10.9. The Hall–Kier alpha value is -1.33. The van der Waals surface area contributed by atoms with E-state index in [0.717, 1.165) is 0 Å². The molecule has 0 aliphatic carbocycles. The number of hydrogen-bond acceptors (Lipinski definition) is 3. The number of H-pyrrole nitrogens is 1. The zero-order chi connectivity index (χ0) is 9.14. The number of halogens is 1. The Morgan fingerprint density at radius 3 is 2.83 bits per heavy atom. The van der Waals surface area contributed by atoms with E-state index in [1.165, 1.54) is 12.3 Å². The average Bonchev–Trinajstić information content (AvgIpc) is 2.08. The quantitative estimate of drug-likeness (QED) is 0.319. The predicted octanol–water partition coefficient (Wildman–Crippen LogP) is -0.368. The Kier molecular flexibility index (Phi) is 2.47. The van der Waals surface area contributed by atoms with Gasteiger partial charge in [-0.25, -0.2) is 5.84 Å². The molecule has 0 aliphatic rings. The summed E-state index contributed by atoms with van der Waals surface area (Å²) in [4.78, 5) is 23.9. The number of nitrogens with two attached hydrogens (primary N) is 1. The number of hydrazine groups is 1. The lowest BCUT2D eigenvalue weighted by Gasteiger charge is -1.97. The summed E-state index contributed by atoms with van der Waals surface area (Å²) in [7, 11) is 0. The van der Waals surface area contributed by atoms with Crippen LogP contribution in [-0.2, 0) is 0 Å². The van der Waals surface area contributed by atoms with Crippen LogP contribution in [0.25, 0.3) is 0 Å². The molecule has 4 N–H and O–H groups in total. The molecule has 1 heterocycles. The van der Waals surface area contributed by atoms with Gasteiger partial charge in [-0.05, 0) is 6.07 Å². The van der Waals surface area contributed by atoms with Crippen LogP contribution in [0.4, 0.5) is 0 Å². The van der Waals surface area contributed by atoms with Gasteiger partial charge in [-0.1, -0.05) is 11.6 Å². The number of pyridine rings is 1. The molecule has 0 atom stereocenters. The average molecular weight is 188 g/mol. The summed E-state index contributed by atoms with van der Waals surface area (Å²) in [6.07, 6.45) is 1.23. The number of aromatic nitrogens is 1. The zero-order valence-electron chi connectivity index (χ0n) is 5.93. The third-order valence-corrected chi connectivity index (χ3v) is 1.53. The molecule has 0 bridgehead atoms. The van der Waals surface area contributed by atoms with Crippen LogP contribution in [0.2, 0.25) is 5.02 Å². The Labute approximate surface area is 72.5 Å². The molecule has 1 aromatic rings. The Balaban J connectivity index is 3.13. The lowest BCUT2D eigenvalue weighted by atomic mass is 10.3. The summed E-state index contributed by atoms with van der Waals surface area (Å²) in [5.74, 6) is 4.35. The topological polar surface area (TPSA) is 88.0 Å². The number of aromatic amines is 1. The Morgan fingerprint density at radius 2 is 2.33 bits per heavy atom. The molecule has 0 aliphatic heterocycles. The van der Waals surface area contributed by atoms with E-state index >= 15 is 0 Å². The van der Waals surface area contributed by atoms with Crippen molar-refractivity contribution in [2.24, 2.45) is 5.84 Å². The van der Waals surface area contributed by atoms with Crippen LogP contribution in [0, 0.1) is 0 Å². The van der Waals surface area contributed by atoms with Gasteiger partial charge in [0.1, 0.15) is 5.02 Å². The summed E-state index contributed by atoms with van der Waals surface area (Å²) in [5, 5.41) is -0.0453. The van der Waals surface area contributed by atoms with Crippen LogP contribution in [0.3, 0.4) is 0 Å². The fraction of sp³-hybridized carbons (Fsp3) is 0. The first-order valence-electron chi connectivity index (χ1n) is 3.04. The van der Waals surface area contributed by atoms with Crippen molar-refractivity contribution in [1.29, 1.82) is 0 Å². The summed E-state index contributed by atoms with van der Waals surface area (Å²) in [5.41, 5.74) is 1.68. The monoisotopic (exact) mass is 187 g/mol. The van der Waals surface area contributed by atoms with Crippen LogP contribution in [0.15, 0.2) is 17.1 Å². The highest BCUT2D eigenvalue weighted by Crippen LogP contribution is 2.02. The van der Waals surface area contributed by atoms with Crippen molar-refractivity contribution in [2.45, 2.75) is 0 Å². The molecular weight excluding hydrogens is 182 g/mol. The third-order valence-electron chi connectivity index (χ3n) is 1.25. The molecule has 0 aromatic carbocycles.